The zero-order chi connectivity index (χ0) is 22.1. The summed E-state index contributed by atoms with van der Waals surface area (Å²) in [6.07, 6.45) is -0.340. The van der Waals surface area contributed by atoms with Crippen LogP contribution >= 0.6 is 0 Å². The third kappa shape index (κ3) is 7.24. The van der Waals surface area contributed by atoms with Gasteiger partial charge in [0, 0.05) is 18.5 Å². The van der Waals surface area contributed by atoms with Crippen molar-refractivity contribution in [3.8, 4) is 5.75 Å². The molecule has 2 rings (SSSR count). The van der Waals surface area contributed by atoms with Crippen LogP contribution in [0.25, 0.3) is 0 Å². The van der Waals surface area contributed by atoms with Gasteiger partial charge in [-0.15, -0.1) is 0 Å². The van der Waals surface area contributed by atoms with Gasteiger partial charge >= 0.3 is 0 Å². The van der Waals surface area contributed by atoms with E-state index in [1.807, 2.05) is 58.0 Å². The molecular weight excluding hydrogens is 382 g/mol. The Morgan fingerprint density at radius 1 is 0.867 bits per heavy atom. The smallest absolute Gasteiger partial charge is 0.279 e. The molecule has 0 fully saturated rings. The van der Waals surface area contributed by atoms with E-state index >= 15 is 0 Å². The molecular formula is C23H29N3O4. The van der Waals surface area contributed by atoms with Crippen LogP contribution in [0.3, 0.4) is 0 Å². The van der Waals surface area contributed by atoms with E-state index in [0.717, 1.165) is 16.7 Å². The van der Waals surface area contributed by atoms with Gasteiger partial charge in [0.2, 0.25) is 11.8 Å². The molecule has 0 heterocycles. The second-order valence-corrected chi connectivity index (χ2v) is 7.21. The van der Waals surface area contributed by atoms with Crippen molar-refractivity contribution in [2.45, 2.75) is 53.1 Å². The SMILES string of the molecule is CCC(Oc1ccc(C)cc1)C(=O)NNC(=O)CCC(=O)Nc1ccc(C)c(C)c1. The number of aryl methyl sites for hydroxylation is 3. The maximum atomic E-state index is 12.3. The molecule has 3 amide bonds. The van der Waals surface area contributed by atoms with Crippen LogP contribution in [0.1, 0.15) is 42.9 Å². The summed E-state index contributed by atoms with van der Waals surface area (Å²) in [6, 6.07) is 13.0. The number of rotatable bonds is 8. The molecule has 30 heavy (non-hydrogen) atoms. The van der Waals surface area contributed by atoms with Gasteiger partial charge in [-0.2, -0.15) is 0 Å². The Kier molecular flexibility index (Phi) is 8.41. The average molecular weight is 412 g/mol. The highest BCUT2D eigenvalue weighted by molar-refractivity contribution is 5.93. The number of benzene rings is 2. The van der Waals surface area contributed by atoms with Gasteiger partial charge in [-0.05, 0) is 62.6 Å². The van der Waals surface area contributed by atoms with E-state index in [4.69, 9.17) is 4.74 Å². The van der Waals surface area contributed by atoms with Gasteiger partial charge < -0.3 is 10.1 Å². The third-order valence-electron chi connectivity index (χ3n) is 4.66. The first kappa shape index (κ1) is 22.9. The van der Waals surface area contributed by atoms with E-state index in [1.165, 1.54) is 0 Å². The average Bonchev–Trinajstić information content (AvgIpc) is 2.72. The van der Waals surface area contributed by atoms with Crippen molar-refractivity contribution >= 4 is 23.4 Å². The molecule has 0 saturated heterocycles. The molecule has 0 spiro atoms. The lowest BCUT2D eigenvalue weighted by molar-refractivity contribution is -0.133. The van der Waals surface area contributed by atoms with Crippen molar-refractivity contribution in [2.24, 2.45) is 0 Å². The summed E-state index contributed by atoms with van der Waals surface area (Å²) < 4.78 is 5.67. The summed E-state index contributed by atoms with van der Waals surface area (Å²) in [5.74, 6) is -0.597. The highest BCUT2D eigenvalue weighted by Gasteiger charge is 2.19. The van der Waals surface area contributed by atoms with Crippen LogP contribution in [0.15, 0.2) is 42.5 Å². The Bertz CT molecular complexity index is 894. The summed E-state index contributed by atoms with van der Waals surface area (Å²) in [6.45, 7) is 7.74. The van der Waals surface area contributed by atoms with Crippen LogP contribution in [0.4, 0.5) is 5.69 Å². The number of carbonyl (C=O) groups excluding carboxylic acids is 3. The highest BCUT2D eigenvalue weighted by atomic mass is 16.5. The molecule has 160 valence electrons. The Morgan fingerprint density at radius 3 is 2.17 bits per heavy atom. The van der Waals surface area contributed by atoms with E-state index in [1.54, 1.807) is 12.1 Å². The molecule has 7 heteroatoms. The van der Waals surface area contributed by atoms with Crippen LogP contribution in [0.5, 0.6) is 5.75 Å². The molecule has 0 aliphatic heterocycles. The zero-order valence-corrected chi connectivity index (χ0v) is 17.9. The number of carbonyl (C=O) groups is 3. The van der Waals surface area contributed by atoms with Crippen LogP contribution in [0, 0.1) is 20.8 Å². The van der Waals surface area contributed by atoms with Gasteiger partial charge in [-0.25, -0.2) is 0 Å². The molecule has 0 bridgehead atoms. The quantitative estimate of drug-likeness (QED) is 0.581. The van der Waals surface area contributed by atoms with Crippen molar-refractivity contribution in [3.63, 3.8) is 0 Å². The predicted octanol–water partition coefficient (Wildman–Crippen LogP) is 3.34. The Morgan fingerprint density at radius 2 is 1.53 bits per heavy atom. The fourth-order valence-electron chi connectivity index (χ4n) is 2.65. The lowest BCUT2D eigenvalue weighted by Crippen LogP contribution is -2.48. The second-order valence-electron chi connectivity index (χ2n) is 7.21. The summed E-state index contributed by atoms with van der Waals surface area (Å²) in [4.78, 5) is 36.3. The molecule has 0 aromatic heterocycles. The molecule has 0 aliphatic rings. The van der Waals surface area contributed by atoms with Crippen LogP contribution in [-0.4, -0.2) is 23.8 Å². The van der Waals surface area contributed by atoms with E-state index in [2.05, 4.69) is 16.2 Å². The molecule has 1 unspecified atom stereocenters. The molecule has 0 aliphatic carbocycles. The van der Waals surface area contributed by atoms with Crippen molar-refractivity contribution < 1.29 is 19.1 Å². The molecule has 2 aromatic rings. The fraction of sp³-hybridized carbons (Fsp3) is 0.348. The van der Waals surface area contributed by atoms with Crippen LogP contribution in [-0.2, 0) is 14.4 Å². The lowest BCUT2D eigenvalue weighted by atomic mass is 10.1. The minimum Gasteiger partial charge on any atom is -0.481 e. The summed E-state index contributed by atoms with van der Waals surface area (Å²) in [5, 5.41) is 2.76. The van der Waals surface area contributed by atoms with E-state index in [9.17, 15) is 14.4 Å². The normalized spacial score (nSPS) is 11.3. The largest absolute Gasteiger partial charge is 0.481 e. The Hall–Kier alpha value is -3.35. The molecule has 7 nitrogen and oxygen atoms in total. The number of anilines is 1. The van der Waals surface area contributed by atoms with Gasteiger partial charge in [0.05, 0.1) is 0 Å². The summed E-state index contributed by atoms with van der Waals surface area (Å²) >= 11 is 0. The summed E-state index contributed by atoms with van der Waals surface area (Å²) in [7, 11) is 0. The van der Waals surface area contributed by atoms with Crippen molar-refractivity contribution in [2.75, 3.05) is 5.32 Å². The fourth-order valence-corrected chi connectivity index (χ4v) is 2.65. The number of hydrogen-bond donors (Lipinski definition) is 3. The Labute approximate surface area is 177 Å². The van der Waals surface area contributed by atoms with Crippen molar-refractivity contribution in [1.29, 1.82) is 0 Å². The lowest BCUT2D eigenvalue weighted by Gasteiger charge is -2.17. The predicted molar refractivity (Wildman–Crippen MR) is 116 cm³/mol. The van der Waals surface area contributed by atoms with Gasteiger partial charge in [0.15, 0.2) is 6.10 Å². The topological polar surface area (TPSA) is 96.5 Å². The van der Waals surface area contributed by atoms with Crippen LogP contribution < -0.4 is 20.9 Å². The van der Waals surface area contributed by atoms with E-state index in [0.29, 0.717) is 17.9 Å². The monoisotopic (exact) mass is 411 g/mol. The van der Waals surface area contributed by atoms with Gasteiger partial charge in [-0.1, -0.05) is 30.7 Å². The van der Waals surface area contributed by atoms with E-state index < -0.39 is 17.9 Å². The minimum atomic E-state index is -0.735. The molecule has 3 N–H and O–H groups in total. The van der Waals surface area contributed by atoms with Crippen LogP contribution in [0.2, 0.25) is 0 Å². The first-order chi connectivity index (χ1) is 14.3. The van der Waals surface area contributed by atoms with Gasteiger partial charge in [0.1, 0.15) is 5.75 Å². The number of hydrogen-bond acceptors (Lipinski definition) is 4. The number of amides is 3. The Balaban J connectivity index is 1.74. The van der Waals surface area contributed by atoms with Crippen molar-refractivity contribution in [1.82, 2.24) is 10.9 Å². The molecule has 2 aromatic carbocycles. The van der Waals surface area contributed by atoms with Crippen molar-refractivity contribution in [3.05, 3.63) is 59.2 Å². The first-order valence-electron chi connectivity index (χ1n) is 9.97. The molecule has 1 atom stereocenters. The molecule has 0 radical (unpaired) electrons. The minimum absolute atomic E-state index is 0.00566. The van der Waals surface area contributed by atoms with E-state index in [-0.39, 0.29) is 18.7 Å². The number of hydrazine groups is 1. The maximum Gasteiger partial charge on any atom is 0.279 e. The number of nitrogens with one attached hydrogen (secondary N) is 3. The number of ether oxygens (including phenoxy) is 1. The summed E-state index contributed by atoms with van der Waals surface area (Å²) in [5.41, 5.74) is 8.68. The van der Waals surface area contributed by atoms with Gasteiger partial charge in [-0.3, -0.25) is 25.2 Å². The first-order valence-corrected chi connectivity index (χ1v) is 9.97. The zero-order valence-electron chi connectivity index (χ0n) is 17.9. The maximum absolute atomic E-state index is 12.3. The standard InChI is InChI=1S/C23H29N3O4/c1-5-20(30-19-10-6-15(2)7-11-19)23(29)26-25-22(28)13-12-21(27)24-18-9-8-16(3)17(4)14-18/h6-11,14,20H,5,12-13H2,1-4H3,(H,24,27)(H,25,28)(H,26,29). The molecule has 0 saturated carbocycles. The highest BCUT2D eigenvalue weighted by Crippen LogP contribution is 2.15. The second kappa shape index (κ2) is 11.0. The van der Waals surface area contributed by atoms with Gasteiger partial charge in [0.25, 0.3) is 5.91 Å². The third-order valence-corrected chi connectivity index (χ3v) is 4.66.